The summed E-state index contributed by atoms with van der Waals surface area (Å²) in [5, 5.41) is 3.34. The third kappa shape index (κ3) is 5.61. The van der Waals surface area contributed by atoms with Gasteiger partial charge in [0.15, 0.2) is 0 Å². The molecule has 0 amide bonds. The second-order valence-corrected chi connectivity index (χ2v) is 7.97. The number of rotatable bonds is 6. The van der Waals surface area contributed by atoms with Crippen molar-refractivity contribution in [2.45, 2.75) is 63.2 Å². The molecule has 0 heterocycles. The summed E-state index contributed by atoms with van der Waals surface area (Å²) in [5.74, 6) is -0.618. The number of nitrogens with one attached hydrogen (secondary N) is 1. The Labute approximate surface area is 181 Å². The average molecular weight is 463 g/mol. The van der Waals surface area contributed by atoms with Crippen LogP contribution >= 0.6 is 0 Å². The molecule has 0 bridgehead atoms. The lowest BCUT2D eigenvalue weighted by molar-refractivity contribution is -0.143. The zero-order valence-corrected chi connectivity index (χ0v) is 17.5. The molecule has 0 saturated heterocycles. The highest BCUT2D eigenvalue weighted by molar-refractivity contribution is 5.35. The first-order valence-corrected chi connectivity index (χ1v) is 10.3. The van der Waals surface area contributed by atoms with Crippen LogP contribution in [0.4, 0.5) is 30.7 Å². The van der Waals surface area contributed by atoms with Crippen molar-refractivity contribution in [3.05, 3.63) is 70.5 Å². The van der Waals surface area contributed by atoms with Gasteiger partial charge < -0.3 is 10.1 Å². The number of hydrogen-bond donors (Lipinski definition) is 1. The summed E-state index contributed by atoms with van der Waals surface area (Å²) in [4.78, 5) is 0. The molecule has 1 saturated carbocycles. The predicted molar refractivity (Wildman–Crippen MR) is 106 cm³/mol. The Morgan fingerprint density at radius 3 is 2.00 bits per heavy atom. The highest BCUT2D eigenvalue weighted by atomic mass is 19.4. The third-order valence-corrected chi connectivity index (χ3v) is 5.78. The van der Waals surface area contributed by atoms with E-state index in [1.807, 2.05) is 6.92 Å². The smallest absolute Gasteiger partial charge is 0.370 e. The molecule has 176 valence electrons. The summed E-state index contributed by atoms with van der Waals surface area (Å²) < 4.78 is 98.7. The van der Waals surface area contributed by atoms with Gasteiger partial charge in [0.25, 0.3) is 0 Å². The van der Waals surface area contributed by atoms with Gasteiger partial charge in [0.1, 0.15) is 5.82 Å². The maximum atomic E-state index is 13.4. The van der Waals surface area contributed by atoms with Crippen LogP contribution in [-0.2, 0) is 17.1 Å². The van der Waals surface area contributed by atoms with Crippen molar-refractivity contribution in [2.24, 2.45) is 0 Å². The molecule has 0 spiro atoms. The monoisotopic (exact) mass is 463 g/mol. The van der Waals surface area contributed by atoms with Gasteiger partial charge in [-0.15, -0.1) is 0 Å². The van der Waals surface area contributed by atoms with Crippen LogP contribution in [0.1, 0.15) is 61.0 Å². The molecule has 3 rings (SSSR count). The predicted octanol–water partition coefficient (Wildman–Crippen LogP) is 6.87. The average Bonchev–Trinajstić information content (AvgIpc) is 3.09. The molecule has 1 aliphatic rings. The van der Waals surface area contributed by atoms with E-state index in [1.165, 1.54) is 19.1 Å². The molecule has 1 fully saturated rings. The first-order chi connectivity index (χ1) is 14.9. The largest absolute Gasteiger partial charge is 0.416 e. The van der Waals surface area contributed by atoms with Crippen molar-refractivity contribution < 1.29 is 35.5 Å². The van der Waals surface area contributed by atoms with Crippen LogP contribution in [0.5, 0.6) is 0 Å². The van der Waals surface area contributed by atoms with Crippen LogP contribution in [0.2, 0.25) is 0 Å². The van der Waals surface area contributed by atoms with Crippen molar-refractivity contribution in [2.75, 3.05) is 6.54 Å². The molecular formula is C23H24F7NO. The molecule has 0 radical (unpaired) electrons. The standard InChI is InChI=1S/C23H24F7NO/c1-3-31-19-8-9-20(21(19)14-4-6-18(24)7-5-14)32-13(2)15-10-16(22(25,26)27)12-17(11-15)23(28,29)30/h4-7,10-13,19-21,31H,3,8-9H2,1-2H3/t13-,19?,20?,21?/m1/s1. The van der Waals surface area contributed by atoms with Gasteiger partial charge in [-0.1, -0.05) is 19.1 Å². The second kappa shape index (κ2) is 9.39. The van der Waals surface area contributed by atoms with E-state index in [-0.39, 0.29) is 23.6 Å². The topological polar surface area (TPSA) is 21.3 Å². The molecular weight excluding hydrogens is 439 g/mol. The van der Waals surface area contributed by atoms with Crippen LogP contribution < -0.4 is 5.32 Å². The van der Waals surface area contributed by atoms with Gasteiger partial charge >= 0.3 is 12.4 Å². The summed E-state index contributed by atoms with van der Waals surface area (Å²) in [6.07, 6.45) is -10.0. The minimum atomic E-state index is -4.92. The van der Waals surface area contributed by atoms with E-state index >= 15 is 0 Å². The number of likely N-dealkylation sites (N-methyl/N-ethyl adjacent to an activating group) is 1. The zero-order valence-electron chi connectivity index (χ0n) is 17.5. The highest BCUT2D eigenvalue weighted by Crippen LogP contribution is 2.42. The van der Waals surface area contributed by atoms with Crippen LogP contribution in [0.15, 0.2) is 42.5 Å². The molecule has 1 N–H and O–H groups in total. The molecule has 2 aromatic rings. The summed E-state index contributed by atoms with van der Waals surface area (Å²) in [6.45, 7) is 4.05. The van der Waals surface area contributed by atoms with E-state index in [4.69, 9.17) is 4.74 Å². The summed E-state index contributed by atoms with van der Waals surface area (Å²) in [6, 6.07) is 7.39. The zero-order chi connectivity index (χ0) is 23.7. The summed E-state index contributed by atoms with van der Waals surface area (Å²) >= 11 is 0. The van der Waals surface area contributed by atoms with Crippen LogP contribution in [0.25, 0.3) is 0 Å². The molecule has 2 aromatic carbocycles. The number of hydrogen-bond acceptors (Lipinski definition) is 2. The minimum absolute atomic E-state index is 0.00472. The van der Waals surface area contributed by atoms with E-state index in [2.05, 4.69) is 5.32 Å². The number of benzene rings is 2. The van der Waals surface area contributed by atoms with Crippen molar-refractivity contribution in [3.63, 3.8) is 0 Å². The first kappa shape index (κ1) is 24.5. The normalized spacial score (nSPS) is 22.8. The molecule has 2 nitrogen and oxygen atoms in total. The van der Waals surface area contributed by atoms with E-state index in [9.17, 15) is 30.7 Å². The van der Waals surface area contributed by atoms with Gasteiger partial charge in [-0.2, -0.15) is 26.3 Å². The second-order valence-electron chi connectivity index (χ2n) is 7.97. The molecule has 0 aromatic heterocycles. The van der Waals surface area contributed by atoms with Crippen molar-refractivity contribution >= 4 is 0 Å². The van der Waals surface area contributed by atoms with Gasteiger partial charge in [0.05, 0.1) is 23.3 Å². The number of ether oxygens (including phenoxy) is 1. The van der Waals surface area contributed by atoms with E-state index in [0.29, 0.717) is 31.5 Å². The Balaban J connectivity index is 1.90. The number of halogens is 7. The van der Waals surface area contributed by atoms with Gasteiger partial charge in [-0.3, -0.25) is 0 Å². The summed E-state index contributed by atoms with van der Waals surface area (Å²) in [7, 11) is 0. The maximum Gasteiger partial charge on any atom is 0.416 e. The Morgan fingerprint density at radius 1 is 0.938 bits per heavy atom. The molecule has 0 aliphatic heterocycles. The fraction of sp³-hybridized carbons (Fsp3) is 0.478. The van der Waals surface area contributed by atoms with Crippen molar-refractivity contribution in [1.82, 2.24) is 5.32 Å². The highest BCUT2D eigenvalue weighted by Gasteiger charge is 2.40. The Bertz CT molecular complexity index is 876. The van der Waals surface area contributed by atoms with Gasteiger partial charge in [0, 0.05) is 12.0 Å². The molecule has 3 unspecified atom stereocenters. The van der Waals surface area contributed by atoms with Crippen LogP contribution in [-0.4, -0.2) is 18.7 Å². The SMILES string of the molecule is CCNC1CCC(O[C@H](C)c2cc(C(F)(F)F)cc(C(F)(F)F)c2)C1c1ccc(F)cc1. The molecule has 4 atom stereocenters. The van der Waals surface area contributed by atoms with Gasteiger partial charge in [-0.05, 0) is 67.8 Å². The van der Waals surface area contributed by atoms with E-state index in [1.54, 1.807) is 12.1 Å². The Morgan fingerprint density at radius 2 is 1.50 bits per heavy atom. The third-order valence-electron chi connectivity index (χ3n) is 5.78. The van der Waals surface area contributed by atoms with Crippen molar-refractivity contribution in [3.8, 4) is 0 Å². The fourth-order valence-electron chi connectivity index (χ4n) is 4.29. The lowest BCUT2D eigenvalue weighted by Crippen LogP contribution is -2.35. The summed E-state index contributed by atoms with van der Waals surface area (Å²) in [5.41, 5.74) is -2.14. The Kier molecular flexibility index (Phi) is 7.19. The van der Waals surface area contributed by atoms with Gasteiger partial charge in [-0.25, -0.2) is 4.39 Å². The van der Waals surface area contributed by atoms with Gasteiger partial charge in [0.2, 0.25) is 0 Å². The van der Waals surface area contributed by atoms with Crippen LogP contribution in [0, 0.1) is 5.82 Å². The fourth-order valence-corrected chi connectivity index (χ4v) is 4.29. The van der Waals surface area contributed by atoms with Crippen LogP contribution in [0.3, 0.4) is 0 Å². The lowest BCUT2D eigenvalue weighted by atomic mass is 9.92. The first-order valence-electron chi connectivity index (χ1n) is 10.3. The Hall–Kier alpha value is -2.13. The molecule has 9 heteroatoms. The maximum absolute atomic E-state index is 13.4. The quantitative estimate of drug-likeness (QED) is 0.473. The minimum Gasteiger partial charge on any atom is -0.370 e. The lowest BCUT2D eigenvalue weighted by Gasteiger charge is -2.29. The molecule has 1 aliphatic carbocycles. The van der Waals surface area contributed by atoms with Crippen molar-refractivity contribution in [1.29, 1.82) is 0 Å². The van der Waals surface area contributed by atoms with E-state index < -0.39 is 41.5 Å². The van der Waals surface area contributed by atoms with E-state index in [0.717, 1.165) is 5.56 Å². The number of alkyl halides is 6. The molecule has 32 heavy (non-hydrogen) atoms.